The molecule has 6 nitrogen and oxygen atoms in total. The molecule has 1 saturated heterocycles. The smallest absolute Gasteiger partial charge is 0.255 e. The second kappa shape index (κ2) is 7.52. The molecule has 0 bridgehead atoms. The number of carbonyl (C=O) groups excluding carboxylic acids is 1. The van der Waals surface area contributed by atoms with Crippen molar-refractivity contribution >= 4 is 16.9 Å². The number of nitrogens with one attached hydrogen (secondary N) is 1. The molecule has 2 aromatic heterocycles. The molecule has 0 saturated carbocycles. The van der Waals surface area contributed by atoms with Gasteiger partial charge in [-0.1, -0.05) is 6.92 Å². The molecule has 0 radical (unpaired) electrons. The predicted octanol–water partition coefficient (Wildman–Crippen LogP) is 2.78. The molecule has 1 fully saturated rings. The highest BCUT2D eigenvalue weighted by molar-refractivity contribution is 5.98. The lowest BCUT2D eigenvalue weighted by Gasteiger charge is -2.32. The van der Waals surface area contributed by atoms with Crippen LogP contribution >= 0.6 is 0 Å². The molecule has 1 aliphatic rings. The third-order valence-electron chi connectivity index (χ3n) is 5.06. The Labute approximate surface area is 149 Å². The van der Waals surface area contributed by atoms with Crippen molar-refractivity contribution in [1.82, 2.24) is 25.0 Å². The van der Waals surface area contributed by atoms with Crippen molar-refractivity contribution < 1.29 is 4.79 Å². The van der Waals surface area contributed by atoms with E-state index in [1.807, 2.05) is 22.6 Å². The van der Waals surface area contributed by atoms with Gasteiger partial charge in [-0.3, -0.25) is 4.79 Å². The first kappa shape index (κ1) is 17.9. The summed E-state index contributed by atoms with van der Waals surface area (Å²) < 4.78 is 1.91. The van der Waals surface area contributed by atoms with Crippen molar-refractivity contribution in [2.75, 3.05) is 26.2 Å². The maximum atomic E-state index is 13.0. The van der Waals surface area contributed by atoms with E-state index in [2.05, 4.69) is 36.2 Å². The topological polar surface area (TPSA) is 63.1 Å². The summed E-state index contributed by atoms with van der Waals surface area (Å²) in [6, 6.07) is 2.21. The highest BCUT2D eigenvalue weighted by atomic mass is 16.2. The number of aryl methyl sites for hydroxylation is 1. The van der Waals surface area contributed by atoms with E-state index in [9.17, 15) is 4.79 Å². The van der Waals surface area contributed by atoms with Crippen LogP contribution in [0, 0.1) is 12.8 Å². The van der Waals surface area contributed by atoms with Crippen LogP contribution in [0.5, 0.6) is 0 Å². The van der Waals surface area contributed by atoms with Gasteiger partial charge >= 0.3 is 0 Å². The molecular weight excluding hydrogens is 314 g/mol. The molecule has 1 amide bonds. The van der Waals surface area contributed by atoms with Crippen LogP contribution < -0.4 is 5.32 Å². The van der Waals surface area contributed by atoms with Crippen LogP contribution in [-0.2, 0) is 0 Å². The average Bonchev–Trinajstić information content (AvgIpc) is 3.02. The predicted molar refractivity (Wildman–Crippen MR) is 99.8 cm³/mol. The van der Waals surface area contributed by atoms with Crippen molar-refractivity contribution in [2.45, 2.75) is 46.6 Å². The number of carbonyl (C=O) groups is 1. The van der Waals surface area contributed by atoms with Gasteiger partial charge in [0, 0.05) is 24.5 Å². The zero-order valence-electron chi connectivity index (χ0n) is 15.7. The summed E-state index contributed by atoms with van der Waals surface area (Å²) in [7, 11) is 0. The molecule has 1 aliphatic heterocycles. The molecule has 3 heterocycles. The van der Waals surface area contributed by atoms with Crippen LogP contribution in [0.4, 0.5) is 0 Å². The number of aromatic nitrogens is 3. The SMILES string of the molecule is CCNCC1CCN(C(=O)c2cc3cnn(C(C)C)c3nc2C)CC1. The number of rotatable bonds is 5. The lowest BCUT2D eigenvalue weighted by Crippen LogP contribution is -2.41. The minimum atomic E-state index is 0.103. The van der Waals surface area contributed by atoms with Crippen molar-refractivity contribution in [1.29, 1.82) is 0 Å². The Bertz CT molecular complexity index is 744. The highest BCUT2D eigenvalue weighted by Gasteiger charge is 2.25. The van der Waals surface area contributed by atoms with Gasteiger partial charge in [-0.2, -0.15) is 5.10 Å². The number of hydrogen-bond donors (Lipinski definition) is 1. The van der Waals surface area contributed by atoms with E-state index >= 15 is 0 Å². The monoisotopic (exact) mass is 343 g/mol. The summed E-state index contributed by atoms with van der Waals surface area (Å²) in [5, 5.41) is 8.76. The highest BCUT2D eigenvalue weighted by Crippen LogP contribution is 2.23. The second-order valence-electron chi connectivity index (χ2n) is 7.26. The van der Waals surface area contributed by atoms with Gasteiger partial charge in [0.25, 0.3) is 5.91 Å². The molecular formula is C19H29N5O. The van der Waals surface area contributed by atoms with Crippen LogP contribution in [0.25, 0.3) is 11.0 Å². The third-order valence-corrected chi connectivity index (χ3v) is 5.06. The molecule has 1 N–H and O–H groups in total. The summed E-state index contributed by atoms with van der Waals surface area (Å²) in [5.41, 5.74) is 2.35. The Morgan fingerprint density at radius 2 is 2.08 bits per heavy atom. The fraction of sp³-hybridized carbons (Fsp3) is 0.632. The van der Waals surface area contributed by atoms with Gasteiger partial charge in [0.1, 0.15) is 0 Å². The zero-order valence-corrected chi connectivity index (χ0v) is 15.7. The lowest BCUT2D eigenvalue weighted by atomic mass is 9.96. The van der Waals surface area contributed by atoms with Crippen LogP contribution in [0.2, 0.25) is 0 Å². The number of piperidine rings is 1. The van der Waals surface area contributed by atoms with Gasteiger partial charge in [-0.25, -0.2) is 9.67 Å². The maximum absolute atomic E-state index is 13.0. The Morgan fingerprint density at radius 3 is 2.72 bits per heavy atom. The van der Waals surface area contributed by atoms with Gasteiger partial charge in [0.15, 0.2) is 5.65 Å². The summed E-state index contributed by atoms with van der Waals surface area (Å²) in [4.78, 5) is 19.6. The molecule has 3 rings (SSSR count). The van der Waals surface area contributed by atoms with E-state index in [4.69, 9.17) is 0 Å². The fourth-order valence-corrected chi connectivity index (χ4v) is 3.52. The van der Waals surface area contributed by atoms with Gasteiger partial charge < -0.3 is 10.2 Å². The first-order chi connectivity index (χ1) is 12.0. The maximum Gasteiger partial charge on any atom is 0.255 e. The van der Waals surface area contributed by atoms with Crippen molar-refractivity contribution in [3.63, 3.8) is 0 Å². The molecule has 0 aliphatic carbocycles. The minimum Gasteiger partial charge on any atom is -0.339 e. The Morgan fingerprint density at radius 1 is 1.36 bits per heavy atom. The quantitative estimate of drug-likeness (QED) is 0.907. The number of nitrogens with zero attached hydrogens (tertiary/aromatic N) is 4. The number of hydrogen-bond acceptors (Lipinski definition) is 4. The van der Waals surface area contributed by atoms with Crippen molar-refractivity contribution in [3.05, 3.63) is 23.5 Å². The van der Waals surface area contributed by atoms with E-state index in [1.54, 1.807) is 6.20 Å². The van der Waals surface area contributed by atoms with E-state index in [-0.39, 0.29) is 11.9 Å². The largest absolute Gasteiger partial charge is 0.339 e. The summed E-state index contributed by atoms with van der Waals surface area (Å²) in [6.45, 7) is 11.9. The van der Waals surface area contributed by atoms with Crippen molar-refractivity contribution in [2.24, 2.45) is 5.92 Å². The molecule has 0 spiro atoms. The minimum absolute atomic E-state index is 0.103. The third kappa shape index (κ3) is 3.68. The molecule has 136 valence electrons. The van der Waals surface area contributed by atoms with E-state index in [1.165, 1.54) is 0 Å². The van der Waals surface area contributed by atoms with E-state index in [0.29, 0.717) is 11.5 Å². The van der Waals surface area contributed by atoms with E-state index in [0.717, 1.165) is 55.7 Å². The molecule has 0 aromatic carbocycles. The summed E-state index contributed by atoms with van der Waals surface area (Å²) in [5.74, 6) is 0.779. The summed E-state index contributed by atoms with van der Waals surface area (Å²) in [6.07, 6.45) is 3.94. The number of amides is 1. The van der Waals surface area contributed by atoms with Crippen LogP contribution in [0.3, 0.4) is 0 Å². The Kier molecular flexibility index (Phi) is 5.37. The second-order valence-corrected chi connectivity index (χ2v) is 7.26. The van der Waals surface area contributed by atoms with Crippen LogP contribution in [0.15, 0.2) is 12.3 Å². The van der Waals surface area contributed by atoms with Gasteiger partial charge in [-0.15, -0.1) is 0 Å². The Hall–Kier alpha value is -1.95. The van der Waals surface area contributed by atoms with Gasteiger partial charge in [0.05, 0.1) is 17.5 Å². The van der Waals surface area contributed by atoms with Crippen molar-refractivity contribution in [3.8, 4) is 0 Å². The number of likely N-dealkylation sites (tertiary alicyclic amines) is 1. The molecule has 0 unspecified atom stereocenters. The van der Waals surface area contributed by atoms with E-state index < -0.39 is 0 Å². The molecule has 2 aromatic rings. The lowest BCUT2D eigenvalue weighted by molar-refractivity contribution is 0.0689. The Balaban J connectivity index is 1.75. The summed E-state index contributed by atoms with van der Waals surface area (Å²) >= 11 is 0. The molecule has 0 atom stereocenters. The van der Waals surface area contributed by atoms with Crippen LogP contribution in [0.1, 0.15) is 55.7 Å². The first-order valence-electron chi connectivity index (χ1n) is 9.36. The normalized spacial score (nSPS) is 16.1. The average molecular weight is 343 g/mol. The van der Waals surface area contributed by atoms with Crippen LogP contribution in [-0.4, -0.2) is 51.8 Å². The fourth-order valence-electron chi connectivity index (χ4n) is 3.52. The molecule has 25 heavy (non-hydrogen) atoms. The molecule has 6 heteroatoms. The van der Waals surface area contributed by atoms with Gasteiger partial charge in [0.2, 0.25) is 0 Å². The zero-order chi connectivity index (χ0) is 18.0. The van der Waals surface area contributed by atoms with Gasteiger partial charge in [-0.05, 0) is 58.7 Å². The number of fused-ring (bicyclic) bond motifs is 1. The standard InChI is InChI=1S/C19H29N5O/c1-5-20-11-15-6-8-23(9-7-15)19(25)17-10-16-12-21-24(13(2)3)18(16)22-14(17)4/h10,12-13,15,20H,5-9,11H2,1-4H3. The first-order valence-corrected chi connectivity index (χ1v) is 9.36. The number of pyridine rings is 1.